The van der Waals surface area contributed by atoms with Gasteiger partial charge in [0.05, 0.1) is 7.11 Å². The molecule has 0 bridgehead atoms. The van der Waals surface area contributed by atoms with Gasteiger partial charge < -0.3 is 15.4 Å². The third kappa shape index (κ3) is 4.91. The molecular weight excluding hydrogens is 320 g/mol. The smallest absolute Gasteiger partial charge is 0.333 e. The van der Waals surface area contributed by atoms with Gasteiger partial charge in [0.2, 0.25) is 5.91 Å². The second kappa shape index (κ2) is 8.10. The van der Waals surface area contributed by atoms with Crippen LogP contribution in [0.15, 0.2) is 48.5 Å². The summed E-state index contributed by atoms with van der Waals surface area (Å²) >= 11 is 0. The number of ether oxygens (including phenoxy) is 1. The van der Waals surface area contributed by atoms with Crippen LogP contribution in [-0.4, -0.2) is 24.9 Å². The van der Waals surface area contributed by atoms with Gasteiger partial charge >= 0.3 is 5.97 Å². The molecule has 0 fully saturated rings. The van der Waals surface area contributed by atoms with Crippen molar-refractivity contribution < 1.29 is 19.1 Å². The van der Waals surface area contributed by atoms with Crippen molar-refractivity contribution in [2.24, 2.45) is 0 Å². The van der Waals surface area contributed by atoms with E-state index in [1.165, 1.54) is 14.0 Å². The number of carbonyl (C=O) groups excluding carboxylic acids is 3. The number of benzene rings is 2. The summed E-state index contributed by atoms with van der Waals surface area (Å²) in [5.74, 6) is -1.15. The van der Waals surface area contributed by atoms with Crippen LogP contribution >= 0.6 is 0 Å². The molecule has 6 nitrogen and oxygen atoms in total. The van der Waals surface area contributed by atoms with Crippen LogP contribution in [-0.2, 0) is 14.3 Å². The summed E-state index contributed by atoms with van der Waals surface area (Å²) in [7, 11) is 1.28. The van der Waals surface area contributed by atoms with E-state index >= 15 is 0 Å². The van der Waals surface area contributed by atoms with Crippen LogP contribution < -0.4 is 10.6 Å². The number of aryl methyl sites for hydroxylation is 1. The lowest BCUT2D eigenvalue weighted by molar-refractivity contribution is -0.143. The summed E-state index contributed by atoms with van der Waals surface area (Å²) in [6.45, 7) is 3.34. The van der Waals surface area contributed by atoms with Gasteiger partial charge in [0.1, 0.15) is 0 Å². The highest BCUT2D eigenvalue weighted by Crippen LogP contribution is 2.17. The predicted molar refractivity (Wildman–Crippen MR) is 94.1 cm³/mol. The molecule has 2 amide bonds. The Morgan fingerprint density at radius 3 is 2.08 bits per heavy atom. The van der Waals surface area contributed by atoms with Crippen LogP contribution in [0.5, 0.6) is 0 Å². The minimum atomic E-state index is -0.895. The third-order valence-electron chi connectivity index (χ3n) is 3.59. The maximum Gasteiger partial charge on any atom is 0.333 e. The zero-order chi connectivity index (χ0) is 18.4. The van der Waals surface area contributed by atoms with Crippen LogP contribution in [0.3, 0.4) is 0 Å². The van der Waals surface area contributed by atoms with Crippen molar-refractivity contribution in [2.45, 2.75) is 19.9 Å². The fourth-order valence-electron chi connectivity index (χ4n) is 2.28. The predicted octanol–water partition coefficient (Wildman–Crippen LogP) is 2.60. The van der Waals surface area contributed by atoms with Gasteiger partial charge in [-0.1, -0.05) is 29.8 Å². The van der Waals surface area contributed by atoms with E-state index < -0.39 is 17.9 Å². The minimum Gasteiger partial charge on any atom is -0.467 e. The summed E-state index contributed by atoms with van der Waals surface area (Å²) in [5.41, 5.74) is 2.65. The average Bonchev–Trinajstić information content (AvgIpc) is 2.60. The highest BCUT2D eigenvalue weighted by Gasteiger charge is 2.24. The Kier molecular flexibility index (Phi) is 5.89. The zero-order valence-corrected chi connectivity index (χ0v) is 14.3. The Labute approximate surface area is 146 Å². The van der Waals surface area contributed by atoms with Gasteiger partial charge in [-0.25, -0.2) is 4.79 Å². The van der Waals surface area contributed by atoms with Crippen molar-refractivity contribution in [3.63, 3.8) is 0 Å². The van der Waals surface area contributed by atoms with Crippen molar-refractivity contribution in [2.75, 3.05) is 12.4 Å². The van der Waals surface area contributed by atoms with E-state index in [0.29, 0.717) is 16.8 Å². The van der Waals surface area contributed by atoms with Gasteiger partial charge in [-0.05, 0) is 36.8 Å². The summed E-state index contributed by atoms with van der Waals surface area (Å²) in [6, 6.07) is 12.8. The molecule has 0 heterocycles. The van der Waals surface area contributed by atoms with E-state index in [4.69, 9.17) is 4.74 Å². The first-order chi connectivity index (χ1) is 11.9. The van der Waals surface area contributed by atoms with Gasteiger partial charge in [-0.2, -0.15) is 0 Å². The van der Waals surface area contributed by atoms with Crippen molar-refractivity contribution >= 4 is 23.5 Å². The van der Waals surface area contributed by atoms with Gasteiger partial charge in [0.25, 0.3) is 5.91 Å². The largest absolute Gasteiger partial charge is 0.467 e. The fourth-order valence-corrected chi connectivity index (χ4v) is 2.28. The summed E-state index contributed by atoms with van der Waals surface area (Å²) in [6.07, 6.45) is 0. The van der Waals surface area contributed by atoms with Crippen molar-refractivity contribution in [3.8, 4) is 0 Å². The van der Waals surface area contributed by atoms with E-state index in [-0.39, 0.29) is 5.91 Å². The topological polar surface area (TPSA) is 84.5 Å². The third-order valence-corrected chi connectivity index (χ3v) is 3.59. The number of amides is 2. The standard InChI is InChI=1S/C19H20N2O4/c1-12-4-6-14(7-5-12)17(19(24)25-3)21-18(23)15-8-10-16(11-9-15)20-13(2)22/h4-11,17H,1-3H3,(H,20,22)(H,21,23). The van der Waals surface area contributed by atoms with Crippen LogP contribution in [0.25, 0.3) is 0 Å². The second-order valence-electron chi connectivity index (χ2n) is 5.60. The van der Waals surface area contributed by atoms with E-state index in [0.717, 1.165) is 5.56 Å². The molecule has 0 radical (unpaired) electrons. The first kappa shape index (κ1) is 18.2. The van der Waals surface area contributed by atoms with Gasteiger partial charge in [0, 0.05) is 18.2 Å². The number of hydrogen-bond donors (Lipinski definition) is 2. The zero-order valence-electron chi connectivity index (χ0n) is 14.3. The average molecular weight is 340 g/mol. The molecule has 25 heavy (non-hydrogen) atoms. The lowest BCUT2D eigenvalue weighted by Gasteiger charge is -2.17. The number of anilines is 1. The molecule has 2 rings (SSSR count). The molecule has 6 heteroatoms. The number of hydrogen-bond acceptors (Lipinski definition) is 4. The lowest BCUT2D eigenvalue weighted by Crippen LogP contribution is -2.34. The molecular formula is C19H20N2O4. The first-order valence-electron chi connectivity index (χ1n) is 7.73. The van der Waals surface area contributed by atoms with Crippen LogP contribution in [0, 0.1) is 6.92 Å². The molecule has 1 unspecified atom stereocenters. The number of rotatable bonds is 5. The van der Waals surface area contributed by atoms with E-state index in [2.05, 4.69) is 10.6 Å². The maximum absolute atomic E-state index is 12.4. The molecule has 0 aliphatic rings. The van der Waals surface area contributed by atoms with Gasteiger partial charge in [-0.15, -0.1) is 0 Å². The number of carbonyl (C=O) groups is 3. The molecule has 2 aromatic carbocycles. The number of nitrogens with one attached hydrogen (secondary N) is 2. The molecule has 2 aromatic rings. The van der Waals surface area contributed by atoms with Crippen molar-refractivity contribution in [1.29, 1.82) is 0 Å². The van der Waals surface area contributed by atoms with Gasteiger partial charge in [-0.3, -0.25) is 9.59 Å². The monoisotopic (exact) mass is 340 g/mol. The Hall–Kier alpha value is -3.15. The van der Waals surface area contributed by atoms with E-state index in [1.807, 2.05) is 19.1 Å². The van der Waals surface area contributed by atoms with E-state index in [1.54, 1.807) is 36.4 Å². The molecule has 0 aliphatic carbocycles. The molecule has 0 aromatic heterocycles. The Morgan fingerprint density at radius 1 is 0.960 bits per heavy atom. The second-order valence-corrected chi connectivity index (χ2v) is 5.60. The SMILES string of the molecule is COC(=O)C(NC(=O)c1ccc(NC(C)=O)cc1)c1ccc(C)cc1. The van der Waals surface area contributed by atoms with E-state index in [9.17, 15) is 14.4 Å². The Morgan fingerprint density at radius 2 is 1.56 bits per heavy atom. The summed E-state index contributed by atoms with van der Waals surface area (Å²) < 4.78 is 4.80. The van der Waals surface area contributed by atoms with Crippen molar-refractivity contribution in [1.82, 2.24) is 5.32 Å². The minimum absolute atomic E-state index is 0.192. The molecule has 2 N–H and O–H groups in total. The highest BCUT2D eigenvalue weighted by molar-refractivity contribution is 5.97. The molecule has 0 saturated carbocycles. The molecule has 0 saturated heterocycles. The number of esters is 1. The summed E-state index contributed by atoms with van der Waals surface area (Å²) in [4.78, 5) is 35.5. The van der Waals surface area contributed by atoms with Crippen LogP contribution in [0.4, 0.5) is 5.69 Å². The Balaban J connectivity index is 2.17. The summed E-state index contributed by atoms with van der Waals surface area (Å²) in [5, 5.41) is 5.30. The quantitative estimate of drug-likeness (QED) is 0.820. The Bertz CT molecular complexity index is 767. The molecule has 1 atom stereocenters. The molecule has 0 aliphatic heterocycles. The fraction of sp³-hybridized carbons (Fsp3) is 0.211. The molecule has 130 valence electrons. The maximum atomic E-state index is 12.4. The normalized spacial score (nSPS) is 11.3. The van der Waals surface area contributed by atoms with Crippen LogP contribution in [0.1, 0.15) is 34.5 Å². The van der Waals surface area contributed by atoms with Crippen molar-refractivity contribution in [3.05, 3.63) is 65.2 Å². The van der Waals surface area contributed by atoms with Gasteiger partial charge in [0.15, 0.2) is 6.04 Å². The lowest BCUT2D eigenvalue weighted by atomic mass is 10.0. The highest BCUT2D eigenvalue weighted by atomic mass is 16.5. The molecule has 0 spiro atoms. The van der Waals surface area contributed by atoms with Crippen LogP contribution in [0.2, 0.25) is 0 Å². The first-order valence-corrected chi connectivity index (χ1v) is 7.73. The number of methoxy groups -OCH3 is 1.